The first-order chi connectivity index (χ1) is 14.4. The molecule has 0 bridgehead atoms. The Kier molecular flexibility index (Phi) is 7.37. The van der Waals surface area contributed by atoms with Crippen molar-refractivity contribution in [3.63, 3.8) is 0 Å². The quantitative estimate of drug-likeness (QED) is 0.655. The fourth-order valence-corrected chi connectivity index (χ4v) is 3.45. The third kappa shape index (κ3) is 6.53. The van der Waals surface area contributed by atoms with Crippen molar-refractivity contribution in [1.82, 2.24) is 9.88 Å². The van der Waals surface area contributed by atoms with E-state index in [2.05, 4.69) is 20.9 Å². The monoisotopic (exact) mass is 429 g/mol. The number of anilines is 3. The van der Waals surface area contributed by atoms with E-state index in [1.165, 1.54) is 13.1 Å². The zero-order chi connectivity index (χ0) is 21.5. The van der Waals surface area contributed by atoms with Gasteiger partial charge in [0, 0.05) is 31.0 Å². The van der Waals surface area contributed by atoms with Gasteiger partial charge in [-0.2, -0.15) is 0 Å². The number of carbonyl (C=O) groups is 3. The van der Waals surface area contributed by atoms with Crippen molar-refractivity contribution in [2.24, 2.45) is 5.92 Å². The van der Waals surface area contributed by atoms with Crippen molar-refractivity contribution in [2.45, 2.75) is 19.8 Å². The van der Waals surface area contributed by atoms with E-state index in [9.17, 15) is 14.4 Å². The second kappa shape index (κ2) is 10.2. The smallest absolute Gasteiger partial charge is 0.238 e. The highest BCUT2D eigenvalue weighted by atomic mass is 35.5. The average molecular weight is 430 g/mol. The molecule has 158 valence electrons. The lowest BCUT2D eigenvalue weighted by Gasteiger charge is -2.31. The molecule has 1 unspecified atom stereocenters. The van der Waals surface area contributed by atoms with Gasteiger partial charge in [-0.25, -0.2) is 4.98 Å². The summed E-state index contributed by atoms with van der Waals surface area (Å²) in [6.07, 6.45) is 3.09. The molecular formula is C21H24ClN5O3. The van der Waals surface area contributed by atoms with E-state index >= 15 is 0 Å². The second-order valence-corrected chi connectivity index (χ2v) is 7.67. The number of nitrogens with zero attached hydrogens (tertiary/aromatic N) is 2. The molecule has 9 heteroatoms. The first-order valence-corrected chi connectivity index (χ1v) is 10.1. The highest BCUT2D eigenvalue weighted by Gasteiger charge is 2.27. The van der Waals surface area contributed by atoms with Crippen molar-refractivity contribution >= 4 is 46.5 Å². The van der Waals surface area contributed by atoms with Crippen LogP contribution in [-0.4, -0.2) is 47.2 Å². The van der Waals surface area contributed by atoms with Crippen molar-refractivity contribution < 1.29 is 14.4 Å². The number of hydrogen-bond acceptors (Lipinski definition) is 5. The Bertz CT molecular complexity index is 902. The molecule has 1 aliphatic rings. The minimum absolute atomic E-state index is 0.108. The highest BCUT2D eigenvalue weighted by molar-refractivity contribution is 6.30. The van der Waals surface area contributed by atoms with Crippen LogP contribution in [0.2, 0.25) is 5.02 Å². The summed E-state index contributed by atoms with van der Waals surface area (Å²) >= 11 is 5.81. The molecular weight excluding hydrogens is 406 g/mol. The number of amides is 3. The molecule has 1 saturated heterocycles. The molecule has 30 heavy (non-hydrogen) atoms. The second-order valence-electron chi connectivity index (χ2n) is 7.23. The minimum Gasteiger partial charge on any atom is -0.326 e. The number of piperidine rings is 1. The Hall–Kier alpha value is -2.97. The maximum Gasteiger partial charge on any atom is 0.238 e. The van der Waals surface area contributed by atoms with Crippen LogP contribution in [0.1, 0.15) is 19.8 Å². The number of hydrogen-bond donors (Lipinski definition) is 3. The molecule has 2 heterocycles. The molecule has 1 aromatic carbocycles. The molecule has 3 rings (SSSR count). The van der Waals surface area contributed by atoms with Crippen molar-refractivity contribution in [2.75, 3.05) is 35.6 Å². The third-order valence-corrected chi connectivity index (χ3v) is 4.93. The summed E-state index contributed by atoms with van der Waals surface area (Å²) in [7, 11) is 0. The summed E-state index contributed by atoms with van der Waals surface area (Å²) in [4.78, 5) is 42.1. The molecule has 1 fully saturated rings. The fourth-order valence-electron chi connectivity index (χ4n) is 3.33. The Morgan fingerprint density at radius 3 is 2.40 bits per heavy atom. The van der Waals surface area contributed by atoms with Gasteiger partial charge in [0.05, 0.1) is 17.5 Å². The predicted molar refractivity (Wildman–Crippen MR) is 116 cm³/mol. The number of likely N-dealkylation sites (tertiary alicyclic amines) is 1. The zero-order valence-electron chi connectivity index (χ0n) is 16.7. The van der Waals surface area contributed by atoms with Gasteiger partial charge in [0.1, 0.15) is 5.82 Å². The summed E-state index contributed by atoms with van der Waals surface area (Å²) in [5, 5.41) is 8.83. The fraction of sp³-hybridized carbons (Fsp3) is 0.333. The van der Waals surface area contributed by atoms with Gasteiger partial charge in [-0.05, 0) is 55.8 Å². The third-order valence-electron chi connectivity index (χ3n) is 4.71. The van der Waals surface area contributed by atoms with Crippen LogP contribution < -0.4 is 16.0 Å². The lowest BCUT2D eigenvalue weighted by molar-refractivity contribution is -0.123. The van der Waals surface area contributed by atoms with Crippen molar-refractivity contribution in [1.29, 1.82) is 0 Å². The lowest BCUT2D eigenvalue weighted by atomic mass is 9.97. The van der Waals surface area contributed by atoms with Gasteiger partial charge in [-0.3, -0.25) is 19.3 Å². The van der Waals surface area contributed by atoms with Gasteiger partial charge in [0.25, 0.3) is 0 Å². The van der Waals surface area contributed by atoms with E-state index in [0.717, 1.165) is 19.4 Å². The molecule has 3 N–H and O–H groups in total. The predicted octanol–water partition coefficient (Wildman–Crippen LogP) is 2.98. The number of benzene rings is 1. The molecule has 0 saturated carbocycles. The maximum atomic E-state index is 12.5. The molecule has 0 radical (unpaired) electrons. The first kappa shape index (κ1) is 21.7. The maximum absolute atomic E-state index is 12.5. The zero-order valence-corrected chi connectivity index (χ0v) is 17.4. The van der Waals surface area contributed by atoms with Crippen LogP contribution in [0.15, 0.2) is 42.6 Å². The number of halogens is 1. The molecule has 1 aromatic heterocycles. The van der Waals surface area contributed by atoms with Crippen LogP contribution in [0.25, 0.3) is 0 Å². The molecule has 2 aromatic rings. The van der Waals surface area contributed by atoms with Crippen LogP contribution in [0.4, 0.5) is 17.2 Å². The molecule has 0 aliphatic carbocycles. The first-order valence-electron chi connectivity index (χ1n) is 9.71. The van der Waals surface area contributed by atoms with Crippen LogP contribution >= 0.6 is 11.6 Å². The van der Waals surface area contributed by atoms with Crippen LogP contribution in [0.5, 0.6) is 0 Å². The average Bonchev–Trinajstić information content (AvgIpc) is 2.71. The van der Waals surface area contributed by atoms with E-state index in [4.69, 9.17) is 11.6 Å². The summed E-state index contributed by atoms with van der Waals surface area (Å²) < 4.78 is 0. The molecule has 1 atom stereocenters. The van der Waals surface area contributed by atoms with Gasteiger partial charge in [0.2, 0.25) is 17.7 Å². The van der Waals surface area contributed by atoms with E-state index in [-0.39, 0.29) is 30.2 Å². The Morgan fingerprint density at radius 2 is 1.77 bits per heavy atom. The Labute approximate surface area is 180 Å². The van der Waals surface area contributed by atoms with Crippen LogP contribution in [-0.2, 0) is 14.4 Å². The molecule has 0 spiro atoms. The van der Waals surface area contributed by atoms with Gasteiger partial charge in [-0.1, -0.05) is 11.6 Å². The number of nitrogens with one attached hydrogen (secondary N) is 3. The summed E-state index contributed by atoms with van der Waals surface area (Å²) in [5.74, 6) is -0.156. The Morgan fingerprint density at radius 1 is 1.07 bits per heavy atom. The van der Waals surface area contributed by atoms with E-state index in [1.54, 1.807) is 36.4 Å². The SMILES string of the molecule is CC(=O)Nc1ccc(NC(=O)CN2CCCC(C(=O)Nc3ccc(Cl)cn3)C2)cc1. The van der Waals surface area contributed by atoms with E-state index in [1.807, 2.05) is 4.90 Å². The van der Waals surface area contributed by atoms with Gasteiger partial charge in [0.15, 0.2) is 0 Å². The van der Waals surface area contributed by atoms with E-state index in [0.29, 0.717) is 28.8 Å². The molecule has 3 amide bonds. The van der Waals surface area contributed by atoms with Gasteiger partial charge in [-0.15, -0.1) is 0 Å². The standard InChI is InChI=1S/C21H24ClN5O3/c1-14(28)24-17-5-7-18(8-6-17)25-20(29)13-27-10-2-3-15(12-27)21(30)26-19-9-4-16(22)11-23-19/h4-9,11,15H,2-3,10,12-13H2,1H3,(H,24,28)(H,25,29)(H,23,26,30). The van der Waals surface area contributed by atoms with Crippen LogP contribution in [0, 0.1) is 5.92 Å². The van der Waals surface area contributed by atoms with E-state index < -0.39 is 0 Å². The largest absolute Gasteiger partial charge is 0.326 e. The molecule has 8 nitrogen and oxygen atoms in total. The highest BCUT2D eigenvalue weighted by Crippen LogP contribution is 2.19. The number of pyridine rings is 1. The number of carbonyl (C=O) groups excluding carboxylic acids is 3. The van der Waals surface area contributed by atoms with Crippen LogP contribution in [0.3, 0.4) is 0 Å². The Balaban J connectivity index is 1.49. The van der Waals surface area contributed by atoms with Crippen molar-refractivity contribution in [3.8, 4) is 0 Å². The lowest BCUT2D eigenvalue weighted by Crippen LogP contribution is -2.44. The summed E-state index contributed by atoms with van der Waals surface area (Å²) in [6, 6.07) is 10.2. The topological polar surface area (TPSA) is 103 Å². The summed E-state index contributed by atoms with van der Waals surface area (Å²) in [6.45, 7) is 2.91. The van der Waals surface area contributed by atoms with Gasteiger partial charge >= 0.3 is 0 Å². The van der Waals surface area contributed by atoms with Crippen molar-refractivity contribution in [3.05, 3.63) is 47.6 Å². The number of rotatable bonds is 6. The summed E-state index contributed by atoms with van der Waals surface area (Å²) in [5.41, 5.74) is 1.31. The minimum atomic E-state index is -0.207. The van der Waals surface area contributed by atoms with Gasteiger partial charge < -0.3 is 16.0 Å². The molecule has 1 aliphatic heterocycles. The normalized spacial score (nSPS) is 16.5. The number of aromatic nitrogens is 1.